The smallest absolute Gasteiger partial charge is 0.336 e. The van der Waals surface area contributed by atoms with Crippen LogP contribution in [0, 0.1) is 19.7 Å². The molecule has 3 aromatic rings. The molecule has 0 spiro atoms. The number of benzene rings is 2. The summed E-state index contributed by atoms with van der Waals surface area (Å²) in [4.78, 5) is 13.1. The van der Waals surface area contributed by atoms with E-state index in [4.69, 9.17) is 4.42 Å². The molecule has 1 unspecified atom stereocenters. The molecule has 124 valence electrons. The lowest BCUT2D eigenvalue weighted by atomic mass is 10.0. The van der Waals surface area contributed by atoms with E-state index in [1.807, 2.05) is 39.1 Å². The summed E-state index contributed by atoms with van der Waals surface area (Å²) >= 11 is 0. The third-order valence-electron chi connectivity index (χ3n) is 4.40. The van der Waals surface area contributed by atoms with Crippen LogP contribution in [-0.4, -0.2) is 7.05 Å². The number of aryl methyl sites for hydroxylation is 2. The van der Waals surface area contributed by atoms with E-state index in [0.717, 1.165) is 27.6 Å². The van der Waals surface area contributed by atoms with Gasteiger partial charge in [0.2, 0.25) is 0 Å². The number of hydrogen-bond acceptors (Lipinski definition) is 2. The van der Waals surface area contributed by atoms with Gasteiger partial charge in [0.05, 0.1) is 7.05 Å². The molecule has 0 radical (unpaired) electrons. The first-order valence-electron chi connectivity index (χ1n) is 8.02. The van der Waals surface area contributed by atoms with Crippen LogP contribution in [0.3, 0.4) is 0 Å². The van der Waals surface area contributed by atoms with Gasteiger partial charge in [-0.25, -0.2) is 9.18 Å². The van der Waals surface area contributed by atoms with Crippen molar-refractivity contribution in [2.45, 2.75) is 26.9 Å². The molecule has 24 heavy (non-hydrogen) atoms. The second kappa shape index (κ2) is 6.57. The molecule has 1 N–H and O–H groups in total. The summed E-state index contributed by atoms with van der Waals surface area (Å²) in [5.74, 6) is -0.225. The van der Waals surface area contributed by atoms with Crippen LogP contribution in [-0.2, 0) is 13.1 Å². The lowest BCUT2D eigenvalue weighted by Gasteiger charge is -2.16. The Morgan fingerprint density at radius 3 is 2.62 bits per heavy atom. The van der Waals surface area contributed by atoms with Crippen molar-refractivity contribution in [2.24, 2.45) is 0 Å². The molecule has 0 aliphatic carbocycles. The number of quaternary nitrogens is 1. The Balaban J connectivity index is 1.92. The molecule has 3 rings (SSSR count). The van der Waals surface area contributed by atoms with Crippen LogP contribution in [0.15, 0.2) is 51.7 Å². The second-order valence-corrected chi connectivity index (χ2v) is 6.42. The van der Waals surface area contributed by atoms with Crippen molar-refractivity contribution >= 4 is 11.0 Å². The van der Waals surface area contributed by atoms with Crippen molar-refractivity contribution in [3.8, 4) is 0 Å². The molecule has 0 aliphatic heterocycles. The number of rotatable bonds is 4. The van der Waals surface area contributed by atoms with Gasteiger partial charge in [-0.1, -0.05) is 24.3 Å². The summed E-state index contributed by atoms with van der Waals surface area (Å²) in [7, 11) is 2.03. The van der Waals surface area contributed by atoms with Gasteiger partial charge >= 0.3 is 5.63 Å². The van der Waals surface area contributed by atoms with E-state index in [1.54, 1.807) is 18.2 Å². The second-order valence-electron chi connectivity index (χ2n) is 6.42. The first-order valence-corrected chi connectivity index (χ1v) is 8.02. The summed E-state index contributed by atoms with van der Waals surface area (Å²) < 4.78 is 18.7. The van der Waals surface area contributed by atoms with Gasteiger partial charge in [0.15, 0.2) is 0 Å². The molecular weight excluding hydrogens is 305 g/mol. The normalized spacial score (nSPS) is 12.5. The highest BCUT2D eigenvalue weighted by molar-refractivity contribution is 5.83. The molecule has 1 atom stereocenters. The molecule has 4 heteroatoms. The minimum absolute atomic E-state index is 0.225. The molecule has 0 amide bonds. The van der Waals surface area contributed by atoms with Gasteiger partial charge in [-0.15, -0.1) is 0 Å². The van der Waals surface area contributed by atoms with Gasteiger partial charge in [0, 0.05) is 22.6 Å². The highest BCUT2D eigenvalue weighted by atomic mass is 19.1. The fourth-order valence-electron chi connectivity index (χ4n) is 3.05. The topological polar surface area (TPSA) is 34.7 Å². The molecule has 3 nitrogen and oxygen atoms in total. The maximum absolute atomic E-state index is 13.3. The lowest BCUT2D eigenvalue weighted by Crippen LogP contribution is -3.06. The summed E-state index contributed by atoms with van der Waals surface area (Å²) in [6.45, 7) is 5.32. The zero-order chi connectivity index (χ0) is 17.3. The van der Waals surface area contributed by atoms with Crippen LogP contribution in [0.4, 0.5) is 4.39 Å². The summed E-state index contributed by atoms with van der Waals surface area (Å²) in [5, 5.41) is 0.969. The summed E-state index contributed by atoms with van der Waals surface area (Å²) in [6.07, 6.45) is 0. The Hall–Kier alpha value is -2.46. The Kier molecular flexibility index (Phi) is 4.49. The van der Waals surface area contributed by atoms with Gasteiger partial charge < -0.3 is 9.32 Å². The number of fused-ring (bicyclic) bond motifs is 1. The van der Waals surface area contributed by atoms with E-state index in [0.29, 0.717) is 18.7 Å². The summed E-state index contributed by atoms with van der Waals surface area (Å²) in [5.41, 5.74) is 4.32. The number of hydrogen-bond donors (Lipinski definition) is 1. The largest absolute Gasteiger partial charge is 0.422 e. The molecule has 1 heterocycles. The van der Waals surface area contributed by atoms with Crippen molar-refractivity contribution in [1.82, 2.24) is 0 Å². The van der Waals surface area contributed by atoms with Crippen LogP contribution in [0.25, 0.3) is 11.0 Å². The molecule has 1 aromatic heterocycles. The molecule has 0 saturated heterocycles. The average Bonchev–Trinajstić information content (AvgIpc) is 2.51. The van der Waals surface area contributed by atoms with Crippen LogP contribution < -0.4 is 10.5 Å². The van der Waals surface area contributed by atoms with Crippen molar-refractivity contribution in [3.63, 3.8) is 0 Å². The van der Waals surface area contributed by atoms with Gasteiger partial charge in [0.25, 0.3) is 0 Å². The molecule has 0 saturated carbocycles. The zero-order valence-corrected chi connectivity index (χ0v) is 14.2. The van der Waals surface area contributed by atoms with Crippen LogP contribution in [0.2, 0.25) is 0 Å². The standard InChI is InChI=1S/C20H20FNO2/c1-13-7-8-18-16(10-19(23)24-20(18)14(13)2)12-22(3)11-15-5-4-6-17(21)9-15/h4-10H,11-12H2,1-3H3/p+1. The van der Waals surface area contributed by atoms with Crippen molar-refractivity contribution in [1.29, 1.82) is 0 Å². The molecule has 0 fully saturated rings. The predicted octanol–water partition coefficient (Wildman–Crippen LogP) is 2.76. The SMILES string of the molecule is Cc1ccc2c(C[NH+](C)Cc3cccc(F)c3)cc(=O)oc2c1C. The fourth-order valence-corrected chi connectivity index (χ4v) is 3.05. The monoisotopic (exact) mass is 326 g/mol. The minimum atomic E-state index is -0.329. The highest BCUT2D eigenvalue weighted by Gasteiger charge is 2.13. The van der Waals surface area contributed by atoms with E-state index < -0.39 is 0 Å². The van der Waals surface area contributed by atoms with Crippen molar-refractivity contribution < 1.29 is 13.7 Å². The highest BCUT2D eigenvalue weighted by Crippen LogP contribution is 2.22. The third kappa shape index (κ3) is 3.39. The fraction of sp³-hybridized carbons (Fsp3) is 0.250. The van der Waals surface area contributed by atoms with E-state index >= 15 is 0 Å². The minimum Gasteiger partial charge on any atom is -0.422 e. The van der Waals surface area contributed by atoms with Crippen molar-refractivity contribution in [2.75, 3.05) is 7.05 Å². The lowest BCUT2D eigenvalue weighted by molar-refractivity contribution is -0.907. The average molecular weight is 326 g/mol. The van der Waals surface area contributed by atoms with Crippen molar-refractivity contribution in [3.05, 3.63) is 81.0 Å². The molecule has 0 aliphatic rings. The van der Waals surface area contributed by atoms with Crippen LogP contribution in [0.1, 0.15) is 22.3 Å². The summed E-state index contributed by atoms with van der Waals surface area (Å²) in [6, 6.07) is 12.2. The zero-order valence-electron chi connectivity index (χ0n) is 14.2. The Bertz CT molecular complexity index is 946. The van der Waals surface area contributed by atoms with E-state index in [2.05, 4.69) is 0 Å². The predicted molar refractivity (Wildman–Crippen MR) is 92.7 cm³/mol. The first kappa shape index (κ1) is 16.4. The van der Waals surface area contributed by atoms with Crippen LogP contribution >= 0.6 is 0 Å². The first-order chi connectivity index (χ1) is 11.4. The quantitative estimate of drug-likeness (QED) is 0.748. The van der Waals surface area contributed by atoms with E-state index in [1.165, 1.54) is 11.0 Å². The Labute approximate surface area is 140 Å². The van der Waals surface area contributed by atoms with Gasteiger partial charge in [-0.3, -0.25) is 0 Å². The molecular formula is C20H21FNO2+. The molecule has 0 bridgehead atoms. The van der Waals surface area contributed by atoms with Gasteiger partial charge in [-0.2, -0.15) is 0 Å². The Morgan fingerprint density at radius 1 is 1.08 bits per heavy atom. The van der Waals surface area contributed by atoms with Crippen LogP contribution in [0.5, 0.6) is 0 Å². The maximum Gasteiger partial charge on any atom is 0.336 e. The number of halogens is 1. The van der Waals surface area contributed by atoms with Gasteiger partial charge in [0.1, 0.15) is 24.5 Å². The van der Waals surface area contributed by atoms with Gasteiger partial charge in [-0.05, 0) is 37.1 Å². The number of nitrogens with one attached hydrogen (secondary N) is 1. The van der Waals surface area contributed by atoms with E-state index in [-0.39, 0.29) is 11.4 Å². The molecule has 2 aromatic carbocycles. The van der Waals surface area contributed by atoms with E-state index in [9.17, 15) is 9.18 Å². The third-order valence-corrected chi connectivity index (χ3v) is 4.40. The maximum atomic E-state index is 13.3. The Morgan fingerprint density at radius 2 is 1.88 bits per heavy atom.